The zero-order valence-corrected chi connectivity index (χ0v) is 12.9. The largest absolute Gasteiger partial charge is 0.483 e. The van der Waals surface area contributed by atoms with Crippen molar-refractivity contribution < 1.29 is 14.3 Å². The third-order valence-corrected chi connectivity index (χ3v) is 3.06. The predicted octanol–water partition coefficient (Wildman–Crippen LogP) is 2.47. The van der Waals surface area contributed by atoms with Crippen molar-refractivity contribution in [2.45, 2.75) is 26.4 Å². The summed E-state index contributed by atoms with van der Waals surface area (Å²) in [6, 6.07) is 5.04. The number of ether oxygens (including phenoxy) is 2. The average molecular weight is 299 g/mol. The van der Waals surface area contributed by atoms with Crippen LogP contribution in [0.15, 0.2) is 29.3 Å². The van der Waals surface area contributed by atoms with Crippen molar-refractivity contribution in [3.05, 3.63) is 35.4 Å². The topological polar surface area (TPSA) is 83.7 Å². The lowest BCUT2D eigenvalue weighted by Crippen LogP contribution is -2.29. The van der Waals surface area contributed by atoms with Crippen molar-refractivity contribution in [1.29, 1.82) is 5.26 Å². The van der Waals surface area contributed by atoms with Gasteiger partial charge in [0.25, 0.3) is 0 Å². The molecule has 114 valence electrons. The summed E-state index contributed by atoms with van der Waals surface area (Å²) in [6.07, 6.45) is 3.67. The van der Waals surface area contributed by atoms with E-state index in [1.807, 2.05) is 26.1 Å². The van der Waals surface area contributed by atoms with E-state index in [1.165, 1.54) is 7.11 Å². The number of nitrogens with one attached hydrogen (secondary N) is 1. The van der Waals surface area contributed by atoms with Gasteiger partial charge in [0.15, 0.2) is 6.19 Å². The van der Waals surface area contributed by atoms with Crippen LogP contribution in [0.2, 0.25) is 0 Å². The molecule has 6 nitrogen and oxygen atoms in total. The van der Waals surface area contributed by atoms with Crippen LogP contribution in [0.1, 0.15) is 36.7 Å². The molecule has 0 saturated carbocycles. The van der Waals surface area contributed by atoms with E-state index >= 15 is 0 Å². The monoisotopic (exact) mass is 299 g/mol. The van der Waals surface area contributed by atoms with Gasteiger partial charge in [0, 0.05) is 5.56 Å². The highest BCUT2D eigenvalue weighted by molar-refractivity contribution is 5.93. The molecule has 0 bridgehead atoms. The SMILES string of the molecule is COC(=O)c1ccc2c(c1)C(N=C(C)NC#N)=CC(C)(C)O2. The molecule has 1 aromatic rings. The van der Waals surface area contributed by atoms with Gasteiger partial charge in [-0.3, -0.25) is 5.32 Å². The van der Waals surface area contributed by atoms with Crippen molar-refractivity contribution in [2.75, 3.05) is 7.11 Å². The first kappa shape index (κ1) is 15.6. The quantitative estimate of drug-likeness (QED) is 0.298. The van der Waals surface area contributed by atoms with Crippen molar-refractivity contribution >= 4 is 17.5 Å². The number of carbonyl (C=O) groups excluding carboxylic acids is 1. The Morgan fingerprint density at radius 2 is 2.18 bits per heavy atom. The second-order valence-corrected chi connectivity index (χ2v) is 5.37. The first-order valence-corrected chi connectivity index (χ1v) is 6.71. The zero-order chi connectivity index (χ0) is 16.3. The van der Waals surface area contributed by atoms with Crippen LogP contribution in [-0.2, 0) is 4.74 Å². The molecular weight excluding hydrogens is 282 g/mol. The van der Waals surface area contributed by atoms with Crippen LogP contribution in [0.3, 0.4) is 0 Å². The maximum atomic E-state index is 11.7. The Morgan fingerprint density at radius 1 is 1.45 bits per heavy atom. The molecule has 0 amide bonds. The molecule has 0 aliphatic carbocycles. The summed E-state index contributed by atoms with van der Waals surface area (Å²) >= 11 is 0. The highest BCUT2D eigenvalue weighted by Gasteiger charge is 2.27. The Labute approximate surface area is 129 Å². The molecule has 1 aliphatic heterocycles. The highest BCUT2D eigenvalue weighted by atomic mass is 16.5. The second-order valence-electron chi connectivity index (χ2n) is 5.37. The van der Waals surface area contributed by atoms with E-state index in [9.17, 15) is 4.79 Å². The third kappa shape index (κ3) is 3.26. The van der Waals surface area contributed by atoms with Gasteiger partial charge in [-0.15, -0.1) is 0 Å². The molecule has 0 aromatic heterocycles. The van der Waals surface area contributed by atoms with Gasteiger partial charge in [-0.05, 0) is 45.0 Å². The Morgan fingerprint density at radius 3 is 2.82 bits per heavy atom. The van der Waals surface area contributed by atoms with E-state index in [0.29, 0.717) is 28.4 Å². The van der Waals surface area contributed by atoms with Gasteiger partial charge >= 0.3 is 5.97 Å². The number of hydrogen-bond donors (Lipinski definition) is 1. The minimum atomic E-state index is -0.536. The lowest BCUT2D eigenvalue weighted by atomic mass is 9.98. The Kier molecular flexibility index (Phi) is 4.18. The normalized spacial score (nSPS) is 15.8. The number of nitriles is 1. The molecule has 0 atom stereocenters. The van der Waals surface area contributed by atoms with Crippen molar-refractivity contribution in [3.8, 4) is 11.9 Å². The second kappa shape index (κ2) is 5.90. The summed E-state index contributed by atoms with van der Waals surface area (Å²) in [5.74, 6) is 0.660. The van der Waals surface area contributed by atoms with Crippen molar-refractivity contribution in [2.24, 2.45) is 4.99 Å². The molecule has 2 rings (SSSR count). The van der Waals surface area contributed by atoms with Crippen LogP contribution >= 0.6 is 0 Å². The number of methoxy groups -OCH3 is 1. The fourth-order valence-corrected chi connectivity index (χ4v) is 2.17. The Hall–Kier alpha value is -2.81. The molecule has 0 radical (unpaired) electrons. The number of amidine groups is 1. The van der Waals surface area contributed by atoms with Gasteiger partial charge in [0.1, 0.15) is 17.2 Å². The number of carbonyl (C=O) groups is 1. The molecule has 0 saturated heterocycles. The number of nitrogens with zero attached hydrogens (tertiary/aromatic N) is 2. The van der Waals surface area contributed by atoms with Crippen LogP contribution in [0, 0.1) is 11.5 Å². The van der Waals surface area contributed by atoms with Crippen LogP contribution < -0.4 is 10.1 Å². The molecular formula is C16H17N3O3. The summed E-state index contributed by atoms with van der Waals surface area (Å²) in [5, 5.41) is 11.1. The lowest BCUT2D eigenvalue weighted by Gasteiger charge is -2.30. The first-order chi connectivity index (χ1) is 10.4. The third-order valence-electron chi connectivity index (χ3n) is 3.06. The van der Waals surface area contributed by atoms with Crippen molar-refractivity contribution in [3.63, 3.8) is 0 Å². The summed E-state index contributed by atoms with van der Waals surface area (Å²) in [5.41, 5.74) is 1.20. The number of benzene rings is 1. The van der Waals surface area contributed by atoms with Gasteiger partial charge in [0.2, 0.25) is 0 Å². The standard InChI is InChI=1S/C16H17N3O3/c1-10(18-9-17)19-13-8-16(2,3)22-14-6-5-11(7-12(13)14)15(20)21-4/h5-8H,1-4H3,(H,18,19). The van der Waals surface area contributed by atoms with E-state index < -0.39 is 11.6 Å². The molecule has 1 aliphatic rings. The molecule has 0 unspecified atom stereocenters. The molecule has 1 aromatic carbocycles. The van der Waals surface area contributed by atoms with Crippen LogP contribution in [-0.4, -0.2) is 24.5 Å². The minimum Gasteiger partial charge on any atom is -0.483 e. The summed E-state index contributed by atoms with van der Waals surface area (Å²) in [7, 11) is 1.33. The summed E-state index contributed by atoms with van der Waals surface area (Å²) < 4.78 is 10.6. The molecule has 0 fully saturated rings. The molecule has 6 heteroatoms. The molecule has 22 heavy (non-hydrogen) atoms. The minimum absolute atomic E-state index is 0.413. The van der Waals surface area contributed by atoms with Crippen molar-refractivity contribution in [1.82, 2.24) is 5.32 Å². The first-order valence-electron chi connectivity index (χ1n) is 6.71. The highest BCUT2D eigenvalue weighted by Crippen LogP contribution is 2.37. The molecule has 1 heterocycles. The van der Waals surface area contributed by atoms with Gasteiger partial charge in [-0.2, -0.15) is 5.26 Å². The molecule has 1 N–H and O–H groups in total. The smallest absolute Gasteiger partial charge is 0.337 e. The summed E-state index contributed by atoms with van der Waals surface area (Å²) in [6.45, 7) is 5.51. The Balaban J connectivity index is 2.54. The van der Waals surface area contributed by atoms with E-state index in [2.05, 4.69) is 10.3 Å². The average Bonchev–Trinajstić information content (AvgIpc) is 2.45. The zero-order valence-electron chi connectivity index (χ0n) is 12.9. The number of esters is 1. The fraction of sp³-hybridized carbons (Fsp3) is 0.312. The van der Waals surface area contributed by atoms with Gasteiger partial charge in [-0.25, -0.2) is 9.79 Å². The van der Waals surface area contributed by atoms with E-state index in [1.54, 1.807) is 25.1 Å². The maximum Gasteiger partial charge on any atom is 0.337 e. The van der Waals surface area contributed by atoms with E-state index in [4.69, 9.17) is 14.7 Å². The summed E-state index contributed by atoms with van der Waals surface area (Å²) in [4.78, 5) is 16.1. The van der Waals surface area contributed by atoms with Gasteiger partial charge < -0.3 is 9.47 Å². The van der Waals surface area contributed by atoms with Gasteiger partial charge in [-0.1, -0.05) is 0 Å². The van der Waals surface area contributed by atoms with Crippen LogP contribution in [0.5, 0.6) is 5.75 Å². The number of aliphatic imine (C=N–C) groups is 1. The van der Waals surface area contributed by atoms with Gasteiger partial charge in [0.05, 0.1) is 18.4 Å². The van der Waals surface area contributed by atoms with Crippen LogP contribution in [0.25, 0.3) is 5.70 Å². The number of hydrogen-bond acceptors (Lipinski definition) is 5. The van der Waals surface area contributed by atoms with Crippen LogP contribution in [0.4, 0.5) is 0 Å². The Bertz CT molecular complexity index is 712. The van der Waals surface area contributed by atoms with E-state index in [-0.39, 0.29) is 0 Å². The maximum absolute atomic E-state index is 11.7. The lowest BCUT2D eigenvalue weighted by molar-refractivity contribution is 0.0600. The number of fused-ring (bicyclic) bond motifs is 1. The van der Waals surface area contributed by atoms with E-state index in [0.717, 1.165) is 0 Å². The predicted molar refractivity (Wildman–Crippen MR) is 82.3 cm³/mol. The number of rotatable bonds is 2. The molecule has 0 spiro atoms. The fourth-order valence-electron chi connectivity index (χ4n) is 2.17.